The molecule has 2 aliphatic rings. The van der Waals surface area contributed by atoms with Crippen LogP contribution in [0.2, 0.25) is 0 Å². The Bertz CT molecular complexity index is 525. The zero-order valence-corrected chi connectivity index (χ0v) is 11.4. The smallest absolute Gasteiger partial charge is 0.287 e. The largest absolute Gasteiger partial charge is 0.351 e. The Morgan fingerprint density at radius 1 is 1.30 bits per heavy atom. The Hall–Kier alpha value is -1.85. The van der Waals surface area contributed by atoms with Crippen LogP contribution in [0.5, 0.6) is 0 Å². The molecule has 2 fully saturated rings. The van der Waals surface area contributed by atoms with Gasteiger partial charge in [-0.25, -0.2) is 0 Å². The fourth-order valence-corrected chi connectivity index (χ4v) is 3.57. The predicted molar refractivity (Wildman–Crippen MR) is 73.4 cm³/mol. The van der Waals surface area contributed by atoms with E-state index in [2.05, 4.69) is 4.98 Å². The van der Waals surface area contributed by atoms with Gasteiger partial charge in [0.05, 0.1) is 11.1 Å². The Balaban J connectivity index is 1.69. The molecule has 108 valence electrons. The minimum Gasteiger partial charge on any atom is -0.351 e. The van der Waals surface area contributed by atoms with Gasteiger partial charge in [-0.05, 0) is 24.7 Å². The van der Waals surface area contributed by atoms with Crippen LogP contribution in [0.15, 0.2) is 12.3 Å². The lowest BCUT2D eigenvalue weighted by Crippen LogP contribution is -2.44. The predicted octanol–water partition coefficient (Wildman–Crippen LogP) is 2.58. The Kier molecular flexibility index (Phi) is 3.46. The number of carbonyl (C=O) groups is 1. The third kappa shape index (κ3) is 2.42. The average Bonchev–Trinajstić information content (AvgIpc) is 2.96. The number of nitro groups is 1. The second-order valence-corrected chi connectivity index (χ2v) is 5.87. The van der Waals surface area contributed by atoms with Gasteiger partial charge in [0.15, 0.2) is 0 Å². The molecular formula is C14H19N3O3. The number of likely N-dealkylation sites (tertiary alicyclic amines) is 1. The monoisotopic (exact) mass is 277 g/mol. The fourth-order valence-electron chi connectivity index (χ4n) is 3.57. The van der Waals surface area contributed by atoms with Crippen LogP contribution in [-0.4, -0.2) is 33.8 Å². The van der Waals surface area contributed by atoms with Gasteiger partial charge >= 0.3 is 0 Å². The molecule has 0 bridgehead atoms. The van der Waals surface area contributed by atoms with E-state index in [0.717, 1.165) is 25.4 Å². The molecule has 1 aliphatic carbocycles. The summed E-state index contributed by atoms with van der Waals surface area (Å²) in [7, 11) is 0. The van der Waals surface area contributed by atoms with Gasteiger partial charge in [0.2, 0.25) is 0 Å². The zero-order valence-electron chi connectivity index (χ0n) is 11.4. The number of nitrogens with zero attached hydrogens (tertiary/aromatic N) is 2. The lowest BCUT2D eigenvalue weighted by molar-refractivity contribution is -0.384. The minimum absolute atomic E-state index is 0.0547. The second-order valence-electron chi connectivity index (χ2n) is 5.87. The number of carbonyl (C=O) groups excluding carboxylic acids is 1. The number of fused-ring (bicyclic) bond motifs is 1. The molecule has 1 saturated heterocycles. The van der Waals surface area contributed by atoms with E-state index in [1.54, 1.807) is 0 Å². The molecule has 2 heterocycles. The summed E-state index contributed by atoms with van der Waals surface area (Å²) in [5, 5.41) is 10.7. The third-order valence-corrected chi connectivity index (χ3v) is 4.69. The summed E-state index contributed by atoms with van der Waals surface area (Å²) in [5.74, 6) is 1.28. The van der Waals surface area contributed by atoms with Crippen molar-refractivity contribution in [2.75, 3.05) is 13.1 Å². The maximum atomic E-state index is 12.4. The van der Waals surface area contributed by atoms with Gasteiger partial charge in [0.1, 0.15) is 5.69 Å². The molecule has 1 saturated carbocycles. The summed E-state index contributed by atoms with van der Waals surface area (Å²) < 4.78 is 0. The highest BCUT2D eigenvalue weighted by atomic mass is 16.6. The van der Waals surface area contributed by atoms with Gasteiger partial charge in [0, 0.05) is 19.2 Å². The first-order valence-electron chi connectivity index (χ1n) is 7.27. The average molecular weight is 277 g/mol. The van der Waals surface area contributed by atoms with Gasteiger partial charge in [-0.3, -0.25) is 14.9 Å². The Morgan fingerprint density at radius 3 is 2.75 bits per heavy atom. The highest BCUT2D eigenvalue weighted by Crippen LogP contribution is 2.36. The Labute approximate surface area is 117 Å². The molecule has 1 N–H and O–H groups in total. The van der Waals surface area contributed by atoms with Crippen molar-refractivity contribution in [2.24, 2.45) is 11.8 Å². The zero-order chi connectivity index (χ0) is 14.1. The molecule has 2 atom stereocenters. The van der Waals surface area contributed by atoms with Crippen molar-refractivity contribution in [2.45, 2.75) is 32.1 Å². The van der Waals surface area contributed by atoms with Crippen LogP contribution in [0.4, 0.5) is 5.69 Å². The molecule has 1 amide bonds. The SMILES string of the molecule is O=C(c1cc([N+](=O)[O-])c[nH]1)N1CC[C@H]2CCCC[C@H]2C1. The number of amides is 1. The highest BCUT2D eigenvalue weighted by molar-refractivity contribution is 5.93. The van der Waals surface area contributed by atoms with E-state index in [4.69, 9.17) is 0 Å². The van der Waals surface area contributed by atoms with Crippen LogP contribution in [0.25, 0.3) is 0 Å². The lowest BCUT2D eigenvalue weighted by Gasteiger charge is -2.41. The molecule has 20 heavy (non-hydrogen) atoms. The summed E-state index contributed by atoms with van der Waals surface area (Å²) in [4.78, 5) is 27.1. The summed E-state index contributed by atoms with van der Waals surface area (Å²) >= 11 is 0. The number of rotatable bonds is 2. The summed E-state index contributed by atoms with van der Waals surface area (Å²) in [6.07, 6.45) is 7.43. The van der Waals surface area contributed by atoms with Crippen molar-refractivity contribution in [3.63, 3.8) is 0 Å². The van der Waals surface area contributed by atoms with E-state index in [1.165, 1.54) is 37.9 Å². The molecule has 1 aromatic rings. The van der Waals surface area contributed by atoms with Crippen molar-refractivity contribution < 1.29 is 9.72 Å². The molecule has 0 spiro atoms. The van der Waals surface area contributed by atoms with Crippen molar-refractivity contribution in [1.29, 1.82) is 0 Å². The quantitative estimate of drug-likeness (QED) is 0.666. The van der Waals surface area contributed by atoms with Crippen LogP contribution < -0.4 is 0 Å². The summed E-state index contributed by atoms with van der Waals surface area (Å²) in [6.45, 7) is 1.57. The van der Waals surface area contributed by atoms with Crippen LogP contribution in [0, 0.1) is 22.0 Å². The van der Waals surface area contributed by atoms with Crippen molar-refractivity contribution in [3.05, 3.63) is 28.1 Å². The number of aromatic nitrogens is 1. The number of H-pyrrole nitrogens is 1. The lowest BCUT2D eigenvalue weighted by atomic mass is 9.75. The van der Waals surface area contributed by atoms with Gasteiger partial charge in [0.25, 0.3) is 11.6 Å². The van der Waals surface area contributed by atoms with Crippen LogP contribution >= 0.6 is 0 Å². The van der Waals surface area contributed by atoms with Gasteiger partial charge in [-0.15, -0.1) is 0 Å². The molecule has 3 rings (SSSR count). The first-order chi connectivity index (χ1) is 9.65. The minimum atomic E-state index is -0.485. The topological polar surface area (TPSA) is 79.2 Å². The fraction of sp³-hybridized carbons (Fsp3) is 0.643. The van der Waals surface area contributed by atoms with Crippen LogP contribution in [0.3, 0.4) is 0 Å². The molecule has 6 nitrogen and oxygen atoms in total. The van der Waals surface area contributed by atoms with E-state index in [1.807, 2.05) is 4.90 Å². The Morgan fingerprint density at radius 2 is 2.05 bits per heavy atom. The molecule has 0 aromatic carbocycles. The molecule has 0 radical (unpaired) electrons. The van der Waals surface area contributed by atoms with E-state index in [9.17, 15) is 14.9 Å². The summed E-state index contributed by atoms with van der Waals surface area (Å²) in [5.41, 5.74) is 0.270. The first kappa shape index (κ1) is 13.1. The van der Waals surface area contributed by atoms with Crippen LogP contribution in [0.1, 0.15) is 42.6 Å². The second kappa shape index (κ2) is 5.26. The standard InChI is InChI=1S/C14H19N3O3/c18-14(13-7-12(8-15-13)17(19)20)16-6-5-10-3-1-2-4-11(10)9-16/h7-8,10-11,15H,1-6,9H2/t10-,11+/m1/s1. The summed E-state index contributed by atoms with van der Waals surface area (Å²) in [6, 6.07) is 1.33. The van der Waals surface area contributed by atoms with E-state index >= 15 is 0 Å². The maximum absolute atomic E-state index is 12.4. The number of hydrogen-bond donors (Lipinski definition) is 1. The normalized spacial score (nSPS) is 26.1. The molecule has 6 heteroatoms. The van der Waals surface area contributed by atoms with E-state index in [-0.39, 0.29) is 11.6 Å². The van der Waals surface area contributed by atoms with Crippen molar-refractivity contribution >= 4 is 11.6 Å². The third-order valence-electron chi connectivity index (χ3n) is 4.69. The van der Waals surface area contributed by atoms with Crippen LogP contribution in [-0.2, 0) is 0 Å². The van der Waals surface area contributed by atoms with Gasteiger partial charge < -0.3 is 9.88 Å². The number of piperidine rings is 1. The number of hydrogen-bond acceptors (Lipinski definition) is 3. The number of nitrogens with one attached hydrogen (secondary N) is 1. The highest BCUT2D eigenvalue weighted by Gasteiger charge is 2.33. The van der Waals surface area contributed by atoms with Gasteiger partial charge in [-0.1, -0.05) is 19.3 Å². The number of aromatic amines is 1. The molecule has 1 aliphatic heterocycles. The van der Waals surface area contributed by atoms with Gasteiger partial charge in [-0.2, -0.15) is 0 Å². The van der Waals surface area contributed by atoms with E-state index < -0.39 is 4.92 Å². The van der Waals surface area contributed by atoms with Crippen molar-refractivity contribution in [1.82, 2.24) is 9.88 Å². The molecular weight excluding hydrogens is 258 g/mol. The van der Waals surface area contributed by atoms with E-state index in [0.29, 0.717) is 11.6 Å². The molecule has 1 aromatic heterocycles. The maximum Gasteiger partial charge on any atom is 0.287 e. The molecule has 0 unspecified atom stereocenters. The first-order valence-corrected chi connectivity index (χ1v) is 7.27. The van der Waals surface area contributed by atoms with Crippen molar-refractivity contribution in [3.8, 4) is 0 Å².